The molecule has 0 amide bonds. The van der Waals surface area contributed by atoms with Gasteiger partial charge in [-0.3, -0.25) is 4.99 Å². The fraction of sp³-hybridized carbons (Fsp3) is 0.571. The molecule has 0 saturated heterocycles. The average molecular weight is 262 g/mol. The second kappa shape index (κ2) is 5.47. The number of hydrogen-bond acceptors (Lipinski definition) is 5. The highest BCUT2D eigenvalue weighted by Gasteiger charge is 2.13. The molecule has 5 heteroatoms. The molecule has 1 aliphatic rings. The minimum Gasteiger partial charge on any atom is -0.472 e. The average Bonchev–Trinajstić information content (AvgIpc) is 2.72. The molecule has 0 spiro atoms. The topological polar surface area (TPSA) is 49.8 Å². The fourth-order valence-electron chi connectivity index (χ4n) is 1.79. The number of nitrogens with one attached hydrogen (secondary N) is 1. The maximum absolute atomic E-state index is 5.69. The molecule has 0 radical (unpaired) electrons. The van der Waals surface area contributed by atoms with Crippen LogP contribution in [0.1, 0.15) is 26.3 Å². The number of likely N-dealkylation sites (N-methyl/N-ethyl adjacent to an activating group) is 1. The van der Waals surface area contributed by atoms with Gasteiger partial charge in [-0.2, -0.15) is 0 Å². The van der Waals surface area contributed by atoms with Gasteiger partial charge in [0.2, 0.25) is 5.88 Å². The molecule has 1 N–H and O–H groups in total. The van der Waals surface area contributed by atoms with Crippen molar-refractivity contribution in [1.29, 1.82) is 0 Å². The first-order valence-corrected chi connectivity index (χ1v) is 6.57. The molecular formula is C14H22N4O. The Morgan fingerprint density at radius 1 is 1.37 bits per heavy atom. The summed E-state index contributed by atoms with van der Waals surface area (Å²) in [6.45, 7) is 8.62. The predicted octanol–water partition coefficient (Wildman–Crippen LogP) is 1.65. The summed E-state index contributed by atoms with van der Waals surface area (Å²) >= 11 is 0. The summed E-state index contributed by atoms with van der Waals surface area (Å²) in [5.74, 6) is 1.61. The summed E-state index contributed by atoms with van der Waals surface area (Å²) in [5, 5.41) is 3.31. The van der Waals surface area contributed by atoms with E-state index in [0.717, 1.165) is 31.2 Å². The van der Waals surface area contributed by atoms with Crippen LogP contribution < -0.4 is 10.1 Å². The Balaban J connectivity index is 1.88. The van der Waals surface area contributed by atoms with E-state index in [1.165, 1.54) is 0 Å². The van der Waals surface area contributed by atoms with Crippen molar-refractivity contribution in [1.82, 2.24) is 15.2 Å². The largest absolute Gasteiger partial charge is 0.472 e. The van der Waals surface area contributed by atoms with Crippen LogP contribution in [0.15, 0.2) is 23.3 Å². The minimum absolute atomic E-state index is 0.214. The van der Waals surface area contributed by atoms with Crippen molar-refractivity contribution in [2.24, 2.45) is 4.99 Å². The van der Waals surface area contributed by atoms with Gasteiger partial charge in [-0.1, -0.05) is 6.07 Å². The van der Waals surface area contributed by atoms with Crippen LogP contribution in [0.5, 0.6) is 5.88 Å². The second-order valence-electron chi connectivity index (χ2n) is 5.70. The van der Waals surface area contributed by atoms with Crippen molar-refractivity contribution < 1.29 is 4.74 Å². The first-order chi connectivity index (χ1) is 8.94. The first-order valence-electron chi connectivity index (χ1n) is 6.57. The van der Waals surface area contributed by atoms with Crippen molar-refractivity contribution >= 4 is 5.96 Å². The molecule has 104 valence electrons. The third-order valence-corrected chi connectivity index (χ3v) is 2.72. The number of guanidine groups is 1. The molecule has 19 heavy (non-hydrogen) atoms. The fourth-order valence-corrected chi connectivity index (χ4v) is 1.79. The number of pyridine rings is 1. The molecule has 2 rings (SSSR count). The van der Waals surface area contributed by atoms with E-state index in [0.29, 0.717) is 5.88 Å². The Morgan fingerprint density at radius 2 is 2.16 bits per heavy atom. The van der Waals surface area contributed by atoms with E-state index in [1.807, 2.05) is 46.1 Å². The Labute approximate surface area is 114 Å². The highest BCUT2D eigenvalue weighted by Crippen LogP contribution is 2.15. The second-order valence-corrected chi connectivity index (χ2v) is 5.70. The molecule has 0 unspecified atom stereocenters. The lowest BCUT2D eigenvalue weighted by molar-refractivity contribution is 0.124. The summed E-state index contributed by atoms with van der Waals surface area (Å²) in [6.07, 6.45) is 1.84. The van der Waals surface area contributed by atoms with Gasteiger partial charge in [0.1, 0.15) is 5.60 Å². The highest BCUT2D eigenvalue weighted by molar-refractivity contribution is 5.81. The Morgan fingerprint density at radius 3 is 2.68 bits per heavy atom. The summed E-state index contributed by atoms with van der Waals surface area (Å²) in [6, 6.07) is 3.93. The molecule has 1 aromatic rings. The molecule has 2 heterocycles. The van der Waals surface area contributed by atoms with Crippen molar-refractivity contribution in [2.45, 2.75) is 32.9 Å². The van der Waals surface area contributed by atoms with Crippen LogP contribution in [0.4, 0.5) is 0 Å². The van der Waals surface area contributed by atoms with Gasteiger partial charge in [-0.05, 0) is 26.3 Å². The van der Waals surface area contributed by atoms with Crippen LogP contribution in [0.25, 0.3) is 0 Å². The highest BCUT2D eigenvalue weighted by atomic mass is 16.5. The third-order valence-electron chi connectivity index (χ3n) is 2.72. The van der Waals surface area contributed by atoms with Crippen LogP contribution in [0, 0.1) is 0 Å². The number of nitrogens with zero attached hydrogens (tertiary/aromatic N) is 3. The minimum atomic E-state index is -0.214. The van der Waals surface area contributed by atoms with E-state index in [1.54, 1.807) is 0 Å². The molecule has 0 fully saturated rings. The molecule has 1 aromatic heterocycles. The normalized spacial score (nSPS) is 15.4. The molecule has 5 nitrogen and oxygen atoms in total. The van der Waals surface area contributed by atoms with Crippen LogP contribution in [0.2, 0.25) is 0 Å². The standard InChI is InChI=1S/C14H22N4O/c1-14(2,3)19-12-6-5-11(9-16-12)10-17-13-15-7-8-18(13)4/h5-6,9H,7-8,10H2,1-4H3,(H,15,17). The van der Waals surface area contributed by atoms with Crippen LogP contribution >= 0.6 is 0 Å². The van der Waals surface area contributed by atoms with Crippen molar-refractivity contribution in [3.8, 4) is 5.88 Å². The number of rotatable bonds is 3. The van der Waals surface area contributed by atoms with Gasteiger partial charge in [0.15, 0.2) is 5.96 Å². The lowest BCUT2D eigenvalue weighted by Gasteiger charge is -2.20. The van der Waals surface area contributed by atoms with Gasteiger partial charge in [-0.15, -0.1) is 0 Å². The maximum Gasteiger partial charge on any atom is 0.213 e. The third kappa shape index (κ3) is 4.12. The van der Waals surface area contributed by atoms with Crippen LogP contribution in [-0.4, -0.2) is 41.6 Å². The Kier molecular flexibility index (Phi) is 3.93. The molecule has 0 aliphatic carbocycles. The quantitative estimate of drug-likeness (QED) is 0.900. The molecule has 0 bridgehead atoms. The van der Waals surface area contributed by atoms with Gasteiger partial charge in [-0.25, -0.2) is 4.98 Å². The maximum atomic E-state index is 5.69. The van der Waals surface area contributed by atoms with Crippen LogP contribution in [0.3, 0.4) is 0 Å². The van der Waals surface area contributed by atoms with Gasteiger partial charge in [0.05, 0.1) is 6.54 Å². The zero-order valence-electron chi connectivity index (χ0n) is 12.1. The van der Waals surface area contributed by atoms with E-state index in [9.17, 15) is 0 Å². The van der Waals surface area contributed by atoms with Crippen LogP contribution in [-0.2, 0) is 6.54 Å². The monoisotopic (exact) mass is 262 g/mol. The molecule has 0 atom stereocenters. The van der Waals surface area contributed by atoms with Gasteiger partial charge >= 0.3 is 0 Å². The van der Waals surface area contributed by atoms with E-state index < -0.39 is 0 Å². The van der Waals surface area contributed by atoms with Gasteiger partial charge in [0, 0.05) is 32.4 Å². The smallest absolute Gasteiger partial charge is 0.213 e. The zero-order valence-corrected chi connectivity index (χ0v) is 12.1. The van der Waals surface area contributed by atoms with Gasteiger partial charge < -0.3 is 15.0 Å². The number of ether oxygens (including phenoxy) is 1. The summed E-state index contributed by atoms with van der Waals surface area (Å²) in [7, 11) is 2.04. The summed E-state index contributed by atoms with van der Waals surface area (Å²) in [4.78, 5) is 10.8. The Bertz CT molecular complexity index is 448. The summed E-state index contributed by atoms with van der Waals surface area (Å²) in [5.41, 5.74) is 0.901. The zero-order chi connectivity index (χ0) is 13.9. The number of aromatic nitrogens is 1. The summed E-state index contributed by atoms with van der Waals surface area (Å²) < 4.78 is 5.69. The predicted molar refractivity (Wildman–Crippen MR) is 76.4 cm³/mol. The van der Waals surface area contributed by atoms with Crippen molar-refractivity contribution in [3.63, 3.8) is 0 Å². The SMILES string of the molecule is CN1CCN=C1NCc1ccc(OC(C)(C)C)nc1. The van der Waals surface area contributed by atoms with E-state index in [4.69, 9.17) is 4.74 Å². The van der Waals surface area contributed by atoms with E-state index in [-0.39, 0.29) is 5.60 Å². The molecule has 0 aromatic carbocycles. The first kappa shape index (κ1) is 13.6. The number of hydrogen-bond donors (Lipinski definition) is 1. The molecule has 1 aliphatic heterocycles. The van der Waals surface area contributed by atoms with E-state index in [2.05, 4.69) is 20.2 Å². The van der Waals surface area contributed by atoms with Crippen molar-refractivity contribution in [3.05, 3.63) is 23.9 Å². The molecular weight excluding hydrogens is 240 g/mol. The van der Waals surface area contributed by atoms with E-state index >= 15 is 0 Å². The van der Waals surface area contributed by atoms with Crippen molar-refractivity contribution in [2.75, 3.05) is 20.1 Å². The lowest BCUT2D eigenvalue weighted by Crippen LogP contribution is -2.35. The lowest BCUT2D eigenvalue weighted by atomic mass is 10.2. The Hall–Kier alpha value is -1.78. The van der Waals surface area contributed by atoms with Gasteiger partial charge in [0.25, 0.3) is 0 Å². The number of aliphatic imine (C=N–C) groups is 1. The molecule has 0 saturated carbocycles.